The highest BCUT2D eigenvalue weighted by atomic mass is 35.5. The molecule has 1 aliphatic heterocycles. The number of carbonyl (C=O) groups is 1. The van der Waals surface area contributed by atoms with E-state index >= 15 is 0 Å². The lowest BCUT2D eigenvalue weighted by molar-refractivity contribution is 0.0392. The lowest BCUT2D eigenvalue weighted by Gasteiger charge is -2.14. The largest absolute Gasteiger partial charge is 0.365 e. The monoisotopic (exact) mass is 338 g/mol. The number of nitrogens with zero attached hydrogens (tertiary/aromatic N) is 2. The van der Waals surface area contributed by atoms with E-state index in [4.69, 9.17) is 16.3 Å². The van der Waals surface area contributed by atoms with Crippen molar-refractivity contribution in [2.45, 2.75) is 32.0 Å². The molecule has 0 unspecified atom stereocenters. The fourth-order valence-corrected chi connectivity index (χ4v) is 2.94. The molecule has 23 heavy (non-hydrogen) atoms. The fraction of sp³-hybridized carbons (Fsp3) is 0.400. The maximum Gasteiger partial charge on any atom is 0.253 e. The van der Waals surface area contributed by atoms with Gasteiger partial charge in [0.15, 0.2) is 5.82 Å². The summed E-state index contributed by atoms with van der Waals surface area (Å²) in [4.78, 5) is 16.3. The number of nitrogens with one attached hydrogen (secondary N) is 2. The average molecular weight is 339 g/mol. The topological polar surface area (TPSA) is 79.9 Å². The Morgan fingerprint density at radius 1 is 1.52 bits per heavy atom. The number of ether oxygens (including phenoxy) is 1. The van der Waals surface area contributed by atoms with Crippen molar-refractivity contribution in [2.75, 3.05) is 6.54 Å². The van der Waals surface area contributed by atoms with Crippen LogP contribution >= 0.6 is 11.6 Å². The lowest BCUT2D eigenvalue weighted by atomic mass is 10.1. The highest BCUT2D eigenvalue weighted by molar-refractivity contribution is 6.34. The molecule has 0 saturated carbocycles. The van der Waals surface area contributed by atoms with Crippen LogP contribution in [-0.4, -0.2) is 33.7 Å². The van der Waals surface area contributed by atoms with E-state index in [2.05, 4.69) is 20.5 Å². The first-order chi connectivity index (χ1) is 11.1. The molecule has 2 atom stereocenters. The van der Waals surface area contributed by atoms with Gasteiger partial charge in [-0.2, -0.15) is 5.10 Å². The van der Waals surface area contributed by atoms with Gasteiger partial charge < -0.3 is 10.1 Å². The first kappa shape index (κ1) is 15.9. The van der Waals surface area contributed by atoms with E-state index in [9.17, 15) is 9.18 Å². The minimum atomic E-state index is -0.456. The molecule has 2 N–H and O–H groups in total. The van der Waals surface area contributed by atoms with Crippen molar-refractivity contribution < 1.29 is 13.9 Å². The number of H-pyrrole nitrogens is 1. The maximum absolute atomic E-state index is 13.6. The molecule has 122 valence electrons. The van der Waals surface area contributed by atoms with Crippen LogP contribution in [0, 0.1) is 12.7 Å². The van der Waals surface area contributed by atoms with Crippen LogP contribution in [0.4, 0.5) is 4.39 Å². The lowest BCUT2D eigenvalue weighted by Crippen LogP contribution is -2.32. The molecule has 8 heteroatoms. The molecule has 1 aliphatic rings. The van der Waals surface area contributed by atoms with Crippen LogP contribution in [0.15, 0.2) is 18.5 Å². The highest BCUT2D eigenvalue weighted by Crippen LogP contribution is 2.30. The van der Waals surface area contributed by atoms with E-state index < -0.39 is 11.7 Å². The van der Waals surface area contributed by atoms with Gasteiger partial charge in [0.1, 0.15) is 18.2 Å². The zero-order chi connectivity index (χ0) is 16.4. The SMILES string of the molecule is Cc1c(F)ccc(Cl)c1C(=O)NC[C@H]1CC[C@@H](c2ncn[nH]2)O1. The van der Waals surface area contributed by atoms with Gasteiger partial charge in [0.05, 0.1) is 16.7 Å². The van der Waals surface area contributed by atoms with E-state index in [-0.39, 0.29) is 28.4 Å². The Morgan fingerprint density at radius 2 is 2.35 bits per heavy atom. The Morgan fingerprint density at radius 3 is 3.09 bits per heavy atom. The Labute approximate surface area is 137 Å². The van der Waals surface area contributed by atoms with Gasteiger partial charge in [-0.05, 0) is 37.5 Å². The zero-order valence-corrected chi connectivity index (χ0v) is 13.2. The van der Waals surface area contributed by atoms with Gasteiger partial charge in [-0.15, -0.1) is 0 Å². The summed E-state index contributed by atoms with van der Waals surface area (Å²) in [6, 6.07) is 2.63. The van der Waals surface area contributed by atoms with Crippen LogP contribution in [0.1, 0.15) is 40.7 Å². The van der Waals surface area contributed by atoms with Crippen LogP contribution < -0.4 is 5.32 Å². The third-order valence-corrected chi connectivity index (χ3v) is 4.23. The normalized spacial score (nSPS) is 20.7. The molecule has 0 aliphatic carbocycles. The van der Waals surface area contributed by atoms with E-state index in [1.54, 1.807) is 0 Å². The minimum absolute atomic E-state index is 0.123. The number of hydrogen-bond acceptors (Lipinski definition) is 4. The van der Waals surface area contributed by atoms with Crippen molar-refractivity contribution in [1.82, 2.24) is 20.5 Å². The van der Waals surface area contributed by atoms with Gasteiger partial charge in [0, 0.05) is 6.54 Å². The fourth-order valence-electron chi connectivity index (χ4n) is 2.65. The van der Waals surface area contributed by atoms with Crippen LogP contribution in [0.25, 0.3) is 0 Å². The van der Waals surface area contributed by atoms with E-state index in [1.165, 1.54) is 25.4 Å². The molecule has 1 fully saturated rings. The molecule has 0 bridgehead atoms. The molecular weight excluding hydrogens is 323 g/mol. The summed E-state index contributed by atoms with van der Waals surface area (Å²) >= 11 is 6.00. The summed E-state index contributed by atoms with van der Waals surface area (Å²) in [5, 5.41) is 9.56. The quantitative estimate of drug-likeness (QED) is 0.897. The Bertz CT molecular complexity index is 708. The van der Waals surface area contributed by atoms with E-state index in [0.29, 0.717) is 12.4 Å². The third kappa shape index (κ3) is 3.35. The minimum Gasteiger partial charge on any atom is -0.365 e. The highest BCUT2D eigenvalue weighted by Gasteiger charge is 2.29. The zero-order valence-electron chi connectivity index (χ0n) is 12.5. The molecule has 1 aromatic heterocycles. The van der Waals surface area contributed by atoms with E-state index in [0.717, 1.165) is 12.8 Å². The van der Waals surface area contributed by atoms with Gasteiger partial charge in [-0.25, -0.2) is 9.37 Å². The predicted octanol–water partition coefficient (Wildman–Crippen LogP) is 2.56. The van der Waals surface area contributed by atoms with Crippen molar-refractivity contribution >= 4 is 17.5 Å². The number of aromatic nitrogens is 3. The molecular formula is C15H16ClFN4O2. The number of aromatic amines is 1. The Balaban J connectivity index is 1.59. The molecule has 6 nitrogen and oxygen atoms in total. The van der Waals surface area contributed by atoms with Gasteiger partial charge in [-0.1, -0.05) is 11.6 Å². The van der Waals surface area contributed by atoms with Crippen molar-refractivity contribution in [2.24, 2.45) is 0 Å². The molecule has 0 radical (unpaired) electrons. The number of halogens is 2. The number of amides is 1. The van der Waals surface area contributed by atoms with Gasteiger partial charge in [0.2, 0.25) is 0 Å². The predicted molar refractivity (Wildman–Crippen MR) is 81.7 cm³/mol. The third-order valence-electron chi connectivity index (χ3n) is 3.91. The second kappa shape index (κ2) is 6.64. The summed E-state index contributed by atoms with van der Waals surface area (Å²) in [5.74, 6) is -0.177. The smallest absolute Gasteiger partial charge is 0.253 e. The maximum atomic E-state index is 13.6. The number of hydrogen-bond donors (Lipinski definition) is 2. The van der Waals surface area contributed by atoms with Gasteiger partial charge in [0.25, 0.3) is 5.91 Å². The first-order valence-electron chi connectivity index (χ1n) is 7.29. The molecule has 1 saturated heterocycles. The van der Waals surface area contributed by atoms with Crippen LogP contribution in [-0.2, 0) is 4.74 Å². The van der Waals surface area contributed by atoms with Crippen molar-refractivity contribution in [3.05, 3.63) is 46.3 Å². The second-order valence-corrected chi connectivity index (χ2v) is 5.84. The number of rotatable bonds is 4. The summed E-state index contributed by atoms with van der Waals surface area (Å²) in [5.41, 5.74) is 0.401. The molecule has 1 aromatic carbocycles. The molecule has 2 aromatic rings. The summed E-state index contributed by atoms with van der Waals surface area (Å²) in [7, 11) is 0. The number of carbonyl (C=O) groups excluding carboxylic acids is 1. The van der Waals surface area contributed by atoms with Gasteiger partial charge in [-0.3, -0.25) is 9.89 Å². The van der Waals surface area contributed by atoms with Gasteiger partial charge >= 0.3 is 0 Å². The van der Waals surface area contributed by atoms with Crippen molar-refractivity contribution in [3.8, 4) is 0 Å². The first-order valence-corrected chi connectivity index (χ1v) is 7.67. The average Bonchev–Trinajstić information content (AvgIpc) is 3.20. The molecule has 1 amide bonds. The summed E-state index contributed by atoms with van der Waals surface area (Å²) in [6.45, 7) is 1.86. The Kier molecular flexibility index (Phi) is 4.58. The van der Waals surface area contributed by atoms with Crippen LogP contribution in [0.5, 0.6) is 0 Å². The van der Waals surface area contributed by atoms with Crippen molar-refractivity contribution in [3.63, 3.8) is 0 Å². The molecule has 0 spiro atoms. The van der Waals surface area contributed by atoms with Crippen LogP contribution in [0.2, 0.25) is 5.02 Å². The Hall–Kier alpha value is -1.99. The molecule has 2 heterocycles. The summed E-state index contributed by atoms with van der Waals surface area (Å²) < 4.78 is 19.4. The van der Waals surface area contributed by atoms with Crippen molar-refractivity contribution in [1.29, 1.82) is 0 Å². The summed E-state index contributed by atoms with van der Waals surface area (Å²) in [6.07, 6.45) is 2.76. The van der Waals surface area contributed by atoms with Crippen LogP contribution in [0.3, 0.4) is 0 Å². The standard InChI is InChI=1S/C15H16ClFN4O2/c1-8-11(17)4-3-10(16)13(8)15(22)18-6-9-2-5-12(23-9)14-19-7-20-21-14/h3-4,7,9,12H,2,5-6H2,1H3,(H,18,22)(H,19,20,21)/t9-,12+/m1/s1. The second-order valence-electron chi connectivity index (χ2n) is 5.43. The molecule has 3 rings (SSSR count). The number of benzene rings is 1. The van der Waals surface area contributed by atoms with E-state index in [1.807, 2.05) is 0 Å².